The van der Waals surface area contributed by atoms with Gasteiger partial charge in [0, 0.05) is 24.9 Å². The molecule has 0 aromatic carbocycles. The van der Waals surface area contributed by atoms with Crippen LogP contribution in [0.15, 0.2) is 39.1 Å². The largest absolute Gasteiger partial charge is 0.477 e. The van der Waals surface area contributed by atoms with Crippen LogP contribution in [-0.4, -0.2) is 31.1 Å². The monoisotopic (exact) mass is 404 g/mol. The lowest BCUT2D eigenvalue weighted by Crippen LogP contribution is -2.41. The van der Waals surface area contributed by atoms with E-state index in [-0.39, 0.29) is 11.8 Å². The zero-order valence-corrected chi connectivity index (χ0v) is 17.5. The number of rotatable bonds is 6. The van der Waals surface area contributed by atoms with E-state index in [2.05, 4.69) is 26.4 Å². The van der Waals surface area contributed by atoms with Crippen molar-refractivity contribution >= 4 is 23.9 Å². The Bertz CT molecular complexity index is 761. The van der Waals surface area contributed by atoms with E-state index in [0.717, 1.165) is 29.6 Å². The first-order chi connectivity index (χ1) is 13.4. The van der Waals surface area contributed by atoms with Crippen LogP contribution >= 0.6 is 11.9 Å². The van der Waals surface area contributed by atoms with E-state index >= 15 is 0 Å². The van der Waals surface area contributed by atoms with Crippen LogP contribution in [0.1, 0.15) is 34.1 Å². The van der Waals surface area contributed by atoms with Crippen molar-refractivity contribution in [3.05, 3.63) is 34.1 Å². The number of nitriles is 1. The van der Waals surface area contributed by atoms with Gasteiger partial charge in [0.1, 0.15) is 10.9 Å². The van der Waals surface area contributed by atoms with E-state index < -0.39 is 12.1 Å². The van der Waals surface area contributed by atoms with E-state index in [0.29, 0.717) is 29.7 Å². The summed E-state index contributed by atoms with van der Waals surface area (Å²) in [5.74, 6) is 0.713. The fourth-order valence-corrected chi connectivity index (χ4v) is 3.38. The number of amides is 2. The number of ether oxygens (including phenoxy) is 1. The zero-order valence-electron chi connectivity index (χ0n) is 16.7. The molecule has 2 amide bonds. The Balaban J connectivity index is 2.12. The quantitative estimate of drug-likeness (QED) is 0.504. The van der Waals surface area contributed by atoms with Crippen LogP contribution in [0.5, 0.6) is 0 Å². The van der Waals surface area contributed by atoms with Crippen LogP contribution in [0, 0.1) is 23.2 Å². The van der Waals surface area contributed by atoms with E-state index in [9.17, 15) is 10.1 Å². The summed E-state index contributed by atoms with van der Waals surface area (Å²) in [7, 11) is 0. The van der Waals surface area contributed by atoms with Gasteiger partial charge in [0.05, 0.1) is 18.4 Å². The molecule has 0 bridgehead atoms. The number of nitrogens with one attached hydrogen (secondary N) is 3. The van der Waals surface area contributed by atoms with Gasteiger partial charge >= 0.3 is 6.03 Å². The van der Waals surface area contributed by atoms with E-state index in [4.69, 9.17) is 10.5 Å². The molecule has 2 rings (SSSR count). The molecular weight excluding hydrogens is 376 g/mol. The highest BCUT2D eigenvalue weighted by Gasteiger charge is 2.26. The Morgan fingerprint density at radius 3 is 2.75 bits per heavy atom. The number of carbonyl (C=O) groups excluding carboxylic acids is 1. The smallest absolute Gasteiger partial charge is 0.329 e. The second-order valence-corrected chi connectivity index (χ2v) is 7.90. The fraction of sp³-hybridized carbons (Fsp3) is 0.526. The molecule has 152 valence electrons. The van der Waals surface area contributed by atoms with Crippen molar-refractivity contribution in [2.75, 3.05) is 13.2 Å². The maximum Gasteiger partial charge on any atom is 0.329 e. The minimum Gasteiger partial charge on any atom is -0.477 e. The molecule has 2 heterocycles. The average Bonchev–Trinajstić information content (AvgIpc) is 2.68. The van der Waals surface area contributed by atoms with Crippen molar-refractivity contribution in [2.45, 2.75) is 40.2 Å². The highest BCUT2D eigenvalue weighted by atomic mass is 32.2. The number of carbonyl (C=O) groups is 1. The first-order valence-corrected chi connectivity index (χ1v) is 10.1. The van der Waals surface area contributed by atoms with Gasteiger partial charge in [-0.1, -0.05) is 27.7 Å². The van der Waals surface area contributed by atoms with Crippen LogP contribution in [0.3, 0.4) is 0 Å². The summed E-state index contributed by atoms with van der Waals surface area (Å²) in [6, 6.07) is 1.43. The van der Waals surface area contributed by atoms with Crippen molar-refractivity contribution in [1.29, 1.82) is 5.26 Å². The van der Waals surface area contributed by atoms with Gasteiger partial charge in [-0.15, -0.1) is 0 Å². The van der Waals surface area contributed by atoms with Crippen LogP contribution in [0.25, 0.3) is 0 Å². The Kier molecular flexibility index (Phi) is 7.81. The van der Waals surface area contributed by atoms with Crippen LogP contribution in [0.2, 0.25) is 0 Å². The summed E-state index contributed by atoms with van der Waals surface area (Å²) in [4.78, 5) is 17.4. The Morgan fingerprint density at radius 1 is 1.46 bits per heavy atom. The number of nitrogens with two attached hydrogens (primary N) is 1. The predicted octanol–water partition coefficient (Wildman–Crippen LogP) is 2.50. The third kappa shape index (κ3) is 5.45. The number of urea groups is 1. The van der Waals surface area contributed by atoms with Crippen molar-refractivity contribution in [2.24, 2.45) is 22.6 Å². The molecule has 0 fully saturated rings. The van der Waals surface area contributed by atoms with Gasteiger partial charge in [0.2, 0.25) is 5.90 Å². The number of hydrogen-bond acceptors (Lipinski definition) is 7. The highest BCUT2D eigenvalue weighted by Crippen LogP contribution is 2.28. The highest BCUT2D eigenvalue weighted by molar-refractivity contribution is 8.02. The van der Waals surface area contributed by atoms with Crippen LogP contribution in [-0.2, 0) is 4.74 Å². The Hall–Kier alpha value is -2.60. The minimum atomic E-state index is -0.411. The fourth-order valence-electron chi connectivity index (χ4n) is 2.84. The molecule has 1 atom stereocenters. The second kappa shape index (κ2) is 10.1. The van der Waals surface area contributed by atoms with Crippen molar-refractivity contribution in [3.8, 4) is 6.07 Å². The summed E-state index contributed by atoms with van der Waals surface area (Å²) in [6.07, 6.45) is 4.09. The first-order valence-electron chi connectivity index (χ1n) is 9.33. The SMILES string of the molecule is CC(C)C1=CC(C#N)NC(C(C)C)=C1NC(=O)NS/C(=C/N)C1=NCCCO1. The number of nitrogens with zero attached hydrogens (tertiary/aromatic N) is 2. The number of aliphatic imine (C=N–C) groups is 1. The summed E-state index contributed by atoms with van der Waals surface area (Å²) >= 11 is 1.05. The molecule has 0 radical (unpaired) electrons. The summed E-state index contributed by atoms with van der Waals surface area (Å²) < 4.78 is 8.21. The van der Waals surface area contributed by atoms with Crippen molar-refractivity contribution < 1.29 is 9.53 Å². The van der Waals surface area contributed by atoms with Gasteiger partial charge < -0.3 is 21.1 Å². The number of allylic oxidation sites excluding steroid dienone is 2. The second-order valence-electron chi connectivity index (χ2n) is 7.05. The average molecular weight is 405 g/mol. The molecule has 0 aliphatic carbocycles. The lowest BCUT2D eigenvalue weighted by molar-refractivity contribution is 0.248. The minimum absolute atomic E-state index is 0.116. The first kappa shape index (κ1) is 21.7. The normalized spacial score (nSPS) is 20.0. The van der Waals surface area contributed by atoms with Crippen molar-refractivity contribution in [3.63, 3.8) is 0 Å². The maximum absolute atomic E-state index is 12.6. The molecule has 1 unspecified atom stereocenters. The topological polar surface area (TPSA) is 125 Å². The van der Waals surface area contributed by atoms with E-state index in [1.54, 1.807) is 0 Å². The van der Waals surface area contributed by atoms with Crippen LogP contribution in [0.4, 0.5) is 4.79 Å². The third-order valence-corrected chi connectivity index (χ3v) is 5.02. The van der Waals surface area contributed by atoms with Gasteiger partial charge in [-0.2, -0.15) is 5.26 Å². The van der Waals surface area contributed by atoms with Gasteiger partial charge in [-0.25, -0.2) is 4.79 Å². The number of hydrogen-bond donors (Lipinski definition) is 4. The molecule has 0 aromatic heterocycles. The Labute approximate surface area is 170 Å². The Morgan fingerprint density at radius 2 is 2.21 bits per heavy atom. The van der Waals surface area contributed by atoms with E-state index in [1.807, 2.05) is 33.8 Å². The van der Waals surface area contributed by atoms with Gasteiger partial charge in [0.25, 0.3) is 0 Å². The van der Waals surface area contributed by atoms with Gasteiger partial charge in [0.15, 0.2) is 0 Å². The third-order valence-electron chi connectivity index (χ3n) is 4.20. The standard InChI is InChI=1S/C19H28N6O2S/c1-11(2)14-8-13(9-20)23-16(12(3)4)17(14)24-19(26)25-28-15(10-21)18-22-6-5-7-27-18/h8,10-13,23H,5-7,21H2,1-4H3,(H2,24,25,26)/b15-10+. The summed E-state index contributed by atoms with van der Waals surface area (Å²) in [5.41, 5.74) is 8.14. The molecule has 9 heteroatoms. The van der Waals surface area contributed by atoms with Crippen molar-refractivity contribution in [1.82, 2.24) is 15.4 Å². The summed E-state index contributed by atoms with van der Waals surface area (Å²) in [6.45, 7) is 9.36. The molecule has 5 N–H and O–H groups in total. The van der Waals surface area contributed by atoms with Gasteiger partial charge in [-0.05, 0) is 35.4 Å². The molecule has 0 spiro atoms. The zero-order chi connectivity index (χ0) is 20.7. The summed E-state index contributed by atoms with van der Waals surface area (Å²) in [5, 5.41) is 15.5. The molecule has 0 saturated heterocycles. The molecule has 2 aliphatic rings. The molecule has 0 saturated carbocycles. The molecular formula is C19H28N6O2S. The van der Waals surface area contributed by atoms with Gasteiger partial charge in [-0.3, -0.25) is 9.71 Å². The van der Waals surface area contributed by atoms with Crippen LogP contribution < -0.4 is 21.1 Å². The van der Waals surface area contributed by atoms with E-state index in [1.165, 1.54) is 6.20 Å². The molecule has 0 aromatic rings. The molecule has 2 aliphatic heterocycles. The molecule has 28 heavy (non-hydrogen) atoms. The predicted molar refractivity (Wildman–Crippen MR) is 112 cm³/mol. The maximum atomic E-state index is 12.6. The lowest BCUT2D eigenvalue weighted by atomic mass is 9.90. The number of dihydropyridines is 1. The molecule has 8 nitrogen and oxygen atoms in total. The lowest BCUT2D eigenvalue weighted by Gasteiger charge is -2.30.